The van der Waals surface area contributed by atoms with Crippen molar-refractivity contribution < 1.29 is 0 Å². The van der Waals surface area contributed by atoms with Crippen LogP contribution in [0.2, 0.25) is 0 Å². The molecule has 2 aliphatic carbocycles. The molecule has 2 saturated carbocycles. The largest absolute Gasteiger partial charge is 0.229 e. The fourth-order valence-corrected chi connectivity index (χ4v) is 2.25. The fraction of sp³-hybridized carbons (Fsp3) is 1.00. The topological polar surface area (TPSA) is 14.1 Å². The quantitative estimate of drug-likeness (QED) is 0.577. The first-order valence-electron chi connectivity index (χ1n) is 4.86. The molecule has 11 heavy (non-hydrogen) atoms. The zero-order valence-corrected chi connectivity index (χ0v) is 7.69. The Kier molecular flexibility index (Phi) is 1.54. The van der Waals surface area contributed by atoms with Gasteiger partial charge in [-0.05, 0) is 52.4 Å². The number of rotatable bonds is 2. The van der Waals surface area contributed by atoms with Gasteiger partial charge >= 0.3 is 0 Å². The Morgan fingerprint density at radius 2 is 1.18 bits per heavy atom. The Morgan fingerprint density at radius 3 is 1.36 bits per heavy atom. The molecule has 2 rings (SSSR count). The maximum absolute atomic E-state index is 4.95. The summed E-state index contributed by atoms with van der Waals surface area (Å²) >= 11 is 0. The summed E-state index contributed by atoms with van der Waals surface area (Å²) in [7, 11) is 0. The summed E-state index contributed by atoms with van der Waals surface area (Å²) in [5.41, 5.74) is 0.768. The van der Waals surface area contributed by atoms with Crippen LogP contribution in [0.15, 0.2) is 0 Å². The lowest BCUT2D eigenvalue weighted by Crippen LogP contribution is -2.56. The van der Waals surface area contributed by atoms with Crippen molar-refractivity contribution in [3.05, 3.63) is 0 Å². The summed E-state index contributed by atoms with van der Waals surface area (Å²) in [5.74, 6) is 0. The number of hydrogen-bond acceptors (Lipinski definition) is 0. The summed E-state index contributed by atoms with van der Waals surface area (Å²) < 4.78 is 0. The van der Waals surface area contributed by atoms with E-state index in [0.29, 0.717) is 11.1 Å². The van der Waals surface area contributed by atoms with E-state index in [4.69, 9.17) is 5.32 Å². The van der Waals surface area contributed by atoms with Crippen molar-refractivity contribution in [3.8, 4) is 0 Å². The van der Waals surface area contributed by atoms with Crippen LogP contribution in [0.25, 0.3) is 0 Å². The van der Waals surface area contributed by atoms with Gasteiger partial charge in [-0.15, -0.1) is 0 Å². The minimum absolute atomic E-state index is 0.384. The van der Waals surface area contributed by atoms with Gasteiger partial charge in [0.05, 0.1) is 0 Å². The van der Waals surface area contributed by atoms with Crippen LogP contribution in [0.5, 0.6) is 0 Å². The summed E-state index contributed by atoms with van der Waals surface area (Å²) in [6.07, 6.45) is 8.14. The van der Waals surface area contributed by atoms with E-state index in [1.807, 2.05) is 0 Å². The highest BCUT2D eigenvalue weighted by molar-refractivity contribution is 5.01. The lowest BCUT2D eigenvalue weighted by Gasteiger charge is -2.49. The monoisotopic (exact) mass is 152 g/mol. The van der Waals surface area contributed by atoms with Gasteiger partial charge < -0.3 is 0 Å². The summed E-state index contributed by atoms with van der Waals surface area (Å²) in [4.78, 5) is 0. The average Bonchev–Trinajstić information content (AvgIpc) is 1.81. The molecule has 1 nitrogen and oxygen atoms in total. The predicted octanol–water partition coefficient (Wildman–Crippen LogP) is 2.48. The Hall–Kier alpha value is -0.0400. The lowest BCUT2D eigenvalue weighted by molar-refractivity contribution is 0.0864. The maximum Gasteiger partial charge on any atom is 0.0335 e. The standard InChI is InChI=1S/C10H18N/c1-9(5-3-6-9)11-10(2)7-4-8-10/h3-8H2,1-2H3. The Labute approximate surface area is 69.6 Å². The smallest absolute Gasteiger partial charge is 0.0335 e. The van der Waals surface area contributed by atoms with Crippen LogP contribution >= 0.6 is 0 Å². The molecular weight excluding hydrogens is 134 g/mol. The highest BCUT2D eigenvalue weighted by atomic mass is 15.1. The second kappa shape index (κ2) is 2.22. The minimum atomic E-state index is 0.384. The molecular formula is C10H18N. The molecule has 0 aliphatic heterocycles. The van der Waals surface area contributed by atoms with Crippen molar-refractivity contribution in [1.82, 2.24) is 5.32 Å². The minimum Gasteiger partial charge on any atom is -0.229 e. The molecule has 0 bridgehead atoms. The van der Waals surface area contributed by atoms with Crippen molar-refractivity contribution in [2.45, 2.75) is 63.5 Å². The molecule has 2 fully saturated rings. The van der Waals surface area contributed by atoms with E-state index in [2.05, 4.69) is 13.8 Å². The molecule has 0 heterocycles. The van der Waals surface area contributed by atoms with Gasteiger partial charge in [0, 0.05) is 11.1 Å². The van der Waals surface area contributed by atoms with Crippen LogP contribution in [-0.4, -0.2) is 11.1 Å². The third-order valence-corrected chi connectivity index (χ3v) is 3.40. The molecule has 0 saturated heterocycles. The van der Waals surface area contributed by atoms with E-state index in [0.717, 1.165) is 0 Å². The number of nitrogens with zero attached hydrogens (tertiary/aromatic N) is 1. The van der Waals surface area contributed by atoms with Gasteiger partial charge in [-0.2, -0.15) is 0 Å². The molecule has 1 radical (unpaired) electrons. The zero-order valence-electron chi connectivity index (χ0n) is 7.69. The molecule has 2 aliphatic rings. The molecule has 0 aromatic carbocycles. The molecule has 1 heteroatoms. The molecule has 0 amide bonds. The van der Waals surface area contributed by atoms with Gasteiger partial charge in [0.25, 0.3) is 0 Å². The molecule has 0 spiro atoms. The highest BCUT2D eigenvalue weighted by Crippen LogP contribution is 2.40. The van der Waals surface area contributed by atoms with Gasteiger partial charge in [0.2, 0.25) is 0 Å². The van der Waals surface area contributed by atoms with E-state index < -0.39 is 0 Å². The van der Waals surface area contributed by atoms with Crippen molar-refractivity contribution in [1.29, 1.82) is 0 Å². The molecule has 0 aromatic rings. The van der Waals surface area contributed by atoms with Crippen molar-refractivity contribution in [2.24, 2.45) is 0 Å². The molecule has 63 valence electrons. The van der Waals surface area contributed by atoms with Crippen LogP contribution in [0.3, 0.4) is 0 Å². The van der Waals surface area contributed by atoms with E-state index in [-0.39, 0.29) is 0 Å². The van der Waals surface area contributed by atoms with E-state index in [9.17, 15) is 0 Å². The summed E-state index contributed by atoms with van der Waals surface area (Å²) in [5, 5.41) is 4.95. The van der Waals surface area contributed by atoms with Crippen LogP contribution in [0.4, 0.5) is 0 Å². The Balaban J connectivity index is 1.88. The first-order chi connectivity index (χ1) is 5.12. The van der Waals surface area contributed by atoms with Gasteiger partial charge in [0.1, 0.15) is 0 Å². The van der Waals surface area contributed by atoms with Crippen molar-refractivity contribution in [2.75, 3.05) is 0 Å². The predicted molar refractivity (Wildman–Crippen MR) is 46.6 cm³/mol. The SMILES string of the molecule is CC1([N]C2(C)CCC2)CCC1. The summed E-state index contributed by atoms with van der Waals surface area (Å²) in [6.45, 7) is 4.64. The maximum atomic E-state index is 4.95. The van der Waals surface area contributed by atoms with Gasteiger partial charge in [0.15, 0.2) is 0 Å². The Morgan fingerprint density at radius 1 is 0.818 bits per heavy atom. The van der Waals surface area contributed by atoms with E-state index in [1.165, 1.54) is 38.5 Å². The highest BCUT2D eigenvalue weighted by Gasteiger charge is 2.42. The Bertz CT molecular complexity index is 136. The fourth-order valence-electron chi connectivity index (χ4n) is 2.25. The van der Waals surface area contributed by atoms with Gasteiger partial charge in [-0.3, -0.25) is 0 Å². The zero-order chi connectivity index (χ0) is 7.95. The van der Waals surface area contributed by atoms with Crippen LogP contribution in [0.1, 0.15) is 52.4 Å². The van der Waals surface area contributed by atoms with E-state index >= 15 is 0 Å². The van der Waals surface area contributed by atoms with Crippen LogP contribution in [-0.2, 0) is 0 Å². The normalized spacial score (nSPS) is 32.2. The third kappa shape index (κ3) is 1.31. The summed E-state index contributed by atoms with van der Waals surface area (Å²) in [6, 6.07) is 0. The van der Waals surface area contributed by atoms with Gasteiger partial charge in [-0.1, -0.05) is 0 Å². The molecule has 0 N–H and O–H groups in total. The second-order valence-corrected chi connectivity index (χ2v) is 4.81. The molecule has 0 unspecified atom stereocenters. The first kappa shape index (κ1) is 7.60. The average molecular weight is 152 g/mol. The van der Waals surface area contributed by atoms with Crippen LogP contribution < -0.4 is 5.32 Å². The first-order valence-corrected chi connectivity index (χ1v) is 4.86. The lowest BCUT2D eigenvalue weighted by atomic mass is 9.71. The van der Waals surface area contributed by atoms with Crippen molar-refractivity contribution in [3.63, 3.8) is 0 Å². The third-order valence-electron chi connectivity index (χ3n) is 3.40. The number of hydrogen-bond donors (Lipinski definition) is 0. The van der Waals surface area contributed by atoms with Crippen LogP contribution in [0, 0.1) is 0 Å². The molecule has 0 aromatic heterocycles. The second-order valence-electron chi connectivity index (χ2n) is 4.81. The van der Waals surface area contributed by atoms with Crippen molar-refractivity contribution >= 4 is 0 Å². The molecule has 0 atom stereocenters. The van der Waals surface area contributed by atoms with Gasteiger partial charge in [-0.25, -0.2) is 5.32 Å². The van der Waals surface area contributed by atoms with E-state index in [1.54, 1.807) is 0 Å².